The molecule has 2 unspecified atom stereocenters. The smallest absolute Gasteiger partial charge is 0.230 e. The molecule has 0 bridgehead atoms. The van der Waals surface area contributed by atoms with Gasteiger partial charge in [-0.25, -0.2) is 0 Å². The maximum absolute atomic E-state index is 10.1. The third kappa shape index (κ3) is 2.98. The Bertz CT molecular complexity index is 417. The van der Waals surface area contributed by atoms with Crippen LogP contribution in [0, 0.1) is 0 Å². The molecule has 5 heteroatoms. The predicted octanol–water partition coefficient (Wildman–Crippen LogP) is 2.07. The molecule has 2 aliphatic rings. The van der Waals surface area contributed by atoms with Gasteiger partial charge in [0, 0.05) is 12.0 Å². The Hall–Kier alpha value is -0.940. The van der Waals surface area contributed by atoms with Gasteiger partial charge in [0.2, 0.25) is 11.8 Å². The lowest BCUT2D eigenvalue weighted by atomic mass is 9.96. The molecular weight excluding hydrogens is 242 g/mol. The molecule has 1 aromatic heterocycles. The summed E-state index contributed by atoms with van der Waals surface area (Å²) < 4.78 is 5.73. The van der Waals surface area contributed by atoms with E-state index in [0.29, 0.717) is 18.4 Å². The summed E-state index contributed by atoms with van der Waals surface area (Å²) in [6.07, 6.45) is 6.39. The standard InChI is InChI=1S/C14H23N3O2/c1-2-12(18)11-5-3-4-8-17(11)9-13-15-16-14(19-13)10-6-7-10/h10-12,18H,2-9H2,1H3. The van der Waals surface area contributed by atoms with Crippen molar-refractivity contribution in [2.45, 2.75) is 70.1 Å². The van der Waals surface area contributed by atoms with Gasteiger partial charge in [-0.1, -0.05) is 13.3 Å². The highest BCUT2D eigenvalue weighted by molar-refractivity contribution is 5.00. The van der Waals surface area contributed by atoms with E-state index in [0.717, 1.165) is 25.3 Å². The van der Waals surface area contributed by atoms with Crippen molar-refractivity contribution in [3.05, 3.63) is 11.8 Å². The molecule has 1 aromatic rings. The Morgan fingerprint density at radius 2 is 2.16 bits per heavy atom. The van der Waals surface area contributed by atoms with E-state index < -0.39 is 0 Å². The molecule has 1 N–H and O–H groups in total. The number of likely N-dealkylation sites (tertiary alicyclic amines) is 1. The van der Waals surface area contributed by atoms with Crippen molar-refractivity contribution in [3.8, 4) is 0 Å². The van der Waals surface area contributed by atoms with Crippen LogP contribution in [0.2, 0.25) is 0 Å². The van der Waals surface area contributed by atoms with Gasteiger partial charge in [0.25, 0.3) is 0 Å². The largest absolute Gasteiger partial charge is 0.424 e. The van der Waals surface area contributed by atoms with E-state index in [1.165, 1.54) is 25.7 Å². The molecule has 106 valence electrons. The highest BCUT2D eigenvalue weighted by Gasteiger charge is 2.31. The number of hydrogen-bond donors (Lipinski definition) is 1. The average molecular weight is 265 g/mol. The van der Waals surface area contributed by atoms with Crippen molar-refractivity contribution in [1.82, 2.24) is 15.1 Å². The Labute approximate surface area is 114 Å². The highest BCUT2D eigenvalue weighted by Crippen LogP contribution is 2.39. The van der Waals surface area contributed by atoms with Crippen molar-refractivity contribution in [3.63, 3.8) is 0 Å². The van der Waals surface area contributed by atoms with Crippen LogP contribution in [0.1, 0.15) is 63.1 Å². The Morgan fingerprint density at radius 1 is 1.32 bits per heavy atom. The monoisotopic (exact) mass is 265 g/mol. The normalized spacial score (nSPS) is 26.5. The van der Waals surface area contributed by atoms with Gasteiger partial charge >= 0.3 is 0 Å². The van der Waals surface area contributed by atoms with Crippen LogP contribution in [0.3, 0.4) is 0 Å². The topological polar surface area (TPSA) is 62.4 Å². The summed E-state index contributed by atoms with van der Waals surface area (Å²) in [5.74, 6) is 2.02. The lowest BCUT2D eigenvalue weighted by Gasteiger charge is -2.37. The van der Waals surface area contributed by atoms with E-state index in [4.69, 9.17) is 4.42 Å². The number of rotatable bonds is 5. The average Bonchev–Trinajstić information content (AvgIpc) is 3.19. The number of aromatic nitrogens is 2. The maximum atomic E-state index is 10.1. The number of hydrogen-bond acceptors (Lipinski definition) is 5. The fraction of sp³-hybridized carbons (Fsp3) is 0.857. The molecule has 2 fully saturated rings. The molecule has 0 spiro atoms. The number of aliphatic hydroxyl groups is 1. The molecule has 1 saturated carbocycles. The minimum absolute atomic E-state index is 0.244. The predicted molar refractivity (Wildman–Crippen MR) is 70.6 cm³/mol. The van der Waals surface area contributed by atoms with Crippen LogP contribution in [0.15, 0.2) is 4.42 Å². The minimum atomic E-state index is -0.244. The molecule has 1 aliphatic carbocycles. The number of aliphatic hydroxyl groups excluding tert-OH is 1. The molecule has 1 aliphatic heterocycles. The Morgan fingerprint density at radius 3 is 2.89 bits per heavy atom. The van der Waals surface area contributed by atoms with E-state index in [2.05, 4.69) is 15.1 Å². The molecule has 5 nitrogen and oxygen atoms in total. The fourth-order valence-electron chi connectivity index (χ4n) is 2.92. The van der Waals surface area contributed by atoms with Gasteiger partial charge in [-0.05, 0) is 38.6 Å². The van der Waals surface area contributed by atoms with Gasteiger partial charge in [0.05, 0.1) is 12.6 Å². The molecule has 0 aromatic carbocycles. The second kappa shape index (κ2) is 5.59. The maximum Gasteiger partial charge on any atom is 0.230 e. The van der Waals surface area contributed by atoms with Gasteiger partial charge in [-0.15, -0.1) is 10.2 Å². The van der Waals surface area contributed by atoms with Crippen molar-refractivity contribution >= 4 is 0 Å². The van der Waals surface area contributed by atoms with Crippen molar-refractivity contribution in [2.24, 2.45) is 0 Å². The first-order valence-corrected chi connectivity index (χ1v) is 7.52. The Balaban J connectivity index is 1.64. The van der Waals surface area contributed by atoms with Crippen LogP contribution in [0.4, 0.5) is 0 Å². The molecule has 2 atom stereocenters. The second-order valence-electron chi connectivity index (χ2n) is 5.82. The van der Waals surface area contributed by atoms with Gasteiger partial charge < -0.3 is 9.52 Å². The summed E-state index contributed by atoms with van der Waals surface area (Å²) in [5.41, 5.74) is 0. The van der Waals surface area contributed by atoms with Crippen LogP contribution >= 0.6 is 0 Å². The van der Waals surface area contributed by atoms with Crippen LogP contribution in [0.25, 0.3) is 0 Å². The van der Waals surface area contributed by atoms with E-state index in [1.807, 2.05) is 6.92 Å². The summed E-state index contributed by atoms with van der Waals surface area (Å²) >= 11 is 0. The van der Waals surface area contributed by atoms with E-state index in [9.17, 15) is 5.11 Å². The van der Waals surface area contributed by atoms with Gasteiger partial charge in [-0.3, -0.25) is 4.90 Å². The van der Waals surface area contributed by atoms with Gasteiger partial charge in [0.15, 0.2) is 0 Å². The second-order valence-corrected chi connectivity index (χ2v) is 5.82. The first kappa shape index (κ1) is 13.1. The Kier molecular flexibility index (Phi) is 3.84. The van der Waals surface area contributed by atoms with Gasteiger partial charge in [-0.2, -0.15) is 0 Å². The zero-order valence-electron chi connectivity index (χ0n) is 11.6. The SMILES string of the molecule is CCC(O)C1CCCCN1Cc1nnc(C2CC2)o1. The third-order valence-electron chi connectivity index (χ3n) is 4.27. The van der Waals surface area contributed by atoms with Crippen molar-refractivity contribution in [2.75, 3.05) is 6.54 Å². The summed E-state index contributed by atoms with van der Waals surface area (Å²) in [5, 5.41) is 18.4. The summed E-state index contributed by atoms with van der Waals surface area (Å²) in [6.45, 7) is 3.74. The van der Waals surface area contributed by atoms with Crippen molar-refractivity contribution in [1.29, 1.82) is 0 Å². The highest BCUT2D eigenvalue weighted by atomic mass is 16.4. The lowest BCUT2D eigenvalue weighted by Crippen LogP contribution is -2.46. The van der Waals surface area contributed by atoms with Crippen LogP contribution in [-0.2, 0) is 6.54 Å². The fourth-order valence-corrected chi connectivity index (χ4v) is 2.92. The zero-order valence-corrected chi connectivity index (χ0v) is 11.6. The first-order valence-electron chi connectivity index (χ1n) is 7.52. The summed E-state index contributed by atoms with van der Waals surface area (Å²) in [7, 11) is 0. The molecule has 19 heavy (non-hydrogen) atoms. The summed E-state index contributed by atoms with van der Waals surface area (Å²) in [4.78, 5) is 2.31. The molecule has 1 saturated heterocycles. The lowest BCUT2D eigenvalue weighted by molar-refractivity contribution is 0.0152. The number of nitrogens with zero attached hydrogens (tertiary/aromatic N) is 3. The molecular formula is C14H23N3O2. The molecule has 3 rings (SSSR count). The zero-order chi connectivity index (χ0) is 13.2. The van der Waals surface area contributed by atoms with Crippen molar-refractivity contribution < 1.29 is 9.52 Å². The number of piperidine rings is 1. The third-order valence-corrected chi connectivity index (χ3v) is 4.27. The quantitative estimate of drug-likeness (QED) is 0.883. The first-order chi connectivity index (χ1) is 9.28. The molecule has 0 amide bonds. The van der Waals surface area contributed by atoms with E-state index in [1.54, 1.807) is 0 Å². The van der Waals surface area contributed by atoms with Crippen LogP contribution in [0.5, 0.6) is 0 Å². The minimum Gasteiger partial charge on any atom is -0.424 e. The molecule has 0 radical (unpaired) electrons. The summed E-state index contributed by atoms with van der Waals surface area (Å²) in [6, 6.07) is 0.245. The molecule has 2 heterocycles. The van der Waals surface area contributed by atoms with E-state index >= 15 is 0 Å². The van der Waals surface area contributed by atoms with Crippen LogP contribution in [-0.4, -0.2) is 38.9 Å². The van der Waals surface area contributed by atoms with Crippen LogP contribution < -0.4 is 0 Å². The van der Waals surface area contributed by atoms with Gasteiger partial charge in [0.1, 0.15) is 0 Å². The van der Waals surface area contributed by atoms with E-state index in [-0.39, 0.29) is 12.1 Å².